The van der Waals surface area contributed by atoms with Crippen LogP contribution in [0.2, 0.25) is 0 Å². The second-order valence-electron chi connectivity index (χ2n) is 12.4. The van der Waals surface area contributed by atoms with E-state index in [1.54, 1.807) is 49.0 Å². The van der Waals surface area contributed by atoms with Crippen LogP contribution >= 0.6 is 0 Å². The van der Waals surface area contributed by atoms with E-state index in [0.29, 0.717) is 28.1 Å². The average molecular weight is 679 g/mol. The second-order valence-corrected chi connectivity index (χ2v) is 14.3. The molecule has 0 spiro atoms. The summed E-state index contributed by atoms with van der Waals surface area (Å²) in [5, 5.41) is 8.44. The zero-order valence-electron chi connectivity index (χ0n) is 28.1. The fourth-order valence-corrected chi connectivity index (χ4v) is 7.31. The van der Waals surface area contributed by atoms with Gasteiger partial charge in [-0.3, -0.25) is 4.79 Å². The highest BCUT2D eigenvalue weighted by atomic mass is 32.2. The normalized spacial score (nSPS) is 16.5. The van der Waals surface area contributed by atoms with Gasteiger partial charge in [-0.15, -0.1) is 5.10 Å². The average Bonchev–Trinajstić information content (AvgIpc) is 3.38. The Bertz CT molecular complexity index is 1910. The maximum Gasteiger partial charge on any atom is 0.344 e. The zero-order valence-corrected chi connectivity index (χ0v) is 29.0. The minimum absolute atomic E-state index is 0.00174. The number of ether oxygens (including phenoxy) is 4. The van der Waals surface area contributed by atoms with Gasteiger partial charge >= 0.3 is 11.9 Å². The van der Waals surface area contributed by atoms with E-state index in [1.165, 1.54) is 4.31 Å². The molecule has 4 aromatic rings. The van der Waals surface area contributed by atoms with Crippen molar-refractivity contribution in [1.29, 1.82) is 0 Å². The van der Waals surface area contributed by atoms with Crippen LogP contribution in [-0.2, 0) is 42.7 Å². The molecule has 48 heavy (non-hydrogen) atoms. The lowest BCUT2D eigenvalue weighted by atomic mass is 9.86. The Hall–Kier alpha value is -4.49. The summed E-state index contributed by atoms with van der Waals surface area (Å²) in [5.41, 5.74) is 4.23. The summed E-state index contributed by atoms with van der Waals surface area (Å²) in [5.74, 6) is -0.552. The van der Waals surface area contributed by atoms with Gasteiger partial charge in [0.2, 0.25) is 10.0 Å². The topological polar surface area (TPSA) is 139 Å². The van der Waals surface area contributed by atoms with Crippen LogP contribution < -0.4 is 9.47 Å². The van der Waals surface area contributed by atoms with E-state index in [0.717, 1.165) is 16.7 Å². The van der Waals surface area contributed by atoms with E-state index in [9.17, 15) is 18.0 Å². The maximum atomic E-state index is 13.8. The summed E-state index contributed by atoms with van der Waals surface area (Å²) >= 11 is 0. The largest absolute Gasteiger partial charge is 0.488 e. The third kappa shape index (κ3) is 7.79. The molecular weight excluding hydrogens is 636 g/mol. The number of sulfonamides is 1. The highest BCUT2D eigenvalue weighted by molar-refractivity contribution is 7.89. The zero-order chi connectivity index (χ0) is 34.6. The third-order valence-corrected chi connectivity index (χ3v) is 9.92. The van der Waals surface area contributed by atoms with Gasteiger partial charge in [0, 0.05) is 19.5 Å². The fourth-order valence-electron chi connectivity index (χ4n) is 5.70. The van der Waals surface area contributed by atoms with Gasteiger partial charge < -0.3 is 18.9 Å². The van der Waals surface area contributed by atoms with Crippen LogP contribution in [0.25, 0.3) is 11.0 Å². The molecule has 0 N–H and O–H groups in total. The molecule has 0 saturated heterocycles. The van der Waals surface area contributed by atoms with E-state index < -0.39 is 27.9 Å². The molecule has 13 heteroatoms. The van der Waals surface area contributed by atoms with Gasteiger partial charge in [0.15, 0.2) is 6.61 Å². The summed E-state index contributed by atoms with van der Waals surface area (Å²) in [6.45, 7) is 9.86. The molecule has 1 aromatic heterocycles. The van der Waals surface area contributed by atoms with Crippen molar-refractivity contribution < 1.29 is 37.0 Å². The smallest absolute Gasteiger partial charge is 0.344 e. The van der Waals surface area contributed by atoms with Crippen molar-refractivity contribution in [1.82, 2.24) is 19.3 Å². The highest BCUT2D eigenvalue weighted by Gasteiger charge is 2.34. The van der Waals surface area contributed by atoms with Crippen LogP contribution in [0.3, 0.4) is 0 Å². The maximum absolute atomic E-state index is 13.8. The Balaban J connectivity index is 1.53. The quantitative estimate of drug-likeness (QED) is 0.190. The molecule has 5 rings (SSSR count). The van der Waals surface area contributed by atoms with Crippen LogP contribution in [0, 0.1) is 12.8 Å². The first-order chi connectivity index (χ1) is 22.9. The first-order valence-electron chi connectivity index (χ1n) is 16.0. The number of rotatable bonds is 12. The standard InChI is InChI=1S/C35H42N4O8S/c1-7-44-33(40)17-28(26-15-29-35(38(6)37-36-29)31(16-26)45-21-34(41)46-20-22(2)3)25-13-12-23(4)27(14-25)19-39-18-24(5)47-30-10-8-9-11-32(30)48(39,42)43/h8-16,22,24,28H,7,17-21H2,1-6H3. The van der Waals surface area contributed by atoms with E-state index in [4.69, 9.17) is 18.9 Å². The molecule has 12 nitrogen and oxygen atoms in total. The molecule has 0 fully saturated rings. The van der Waals surface area contributed by atoms with Crippen LogP contribution in [0.5, 0.6) is 11.5 Å². The molecule has 1 aliphatic heterocycles. The lowest BCUT2D eigenvalue weighted by Crippen LogP contribution is -2.35. The van der Waals surface area contributed by atoms with Gasteiger partial charge in [-0.25, -0.2) is 17.9 Å². The Morgan fingerprint density at radius 2 is 1.81 bits per heavy atom. The van der Waals surface area contributed by atoms with Crippen molar-refractivity contribution in [2.75, 3.05) is 26.4 Å². The number of benzene rings is 3. The number of nitrogens with zero attached hydrogens (tertiary/aromatic N) is 4. The van der Waals surface area contributed by atoms with Crippen molar-refractivity contribution >= 4 is 33.0 Å². The number of carbonyl (C=O) groups is 2. The van der Waals surface area contributed by atoms with Crippen LogP contribution in [0.4, 0.5) is 0 Å². The van der Waals surface area contributed by atoms with E-state index >= 15 is 0 Å². The first-order valence-corrected chi connectivity index (χ1v) is 17.4. The number of carbonyl (C=O) groups excluding carboxylic acids is 2. The van der Waals surface area contributed by atoms with Crippen molar-refractivity contribution in [3.8, 4) is 11.5 Å². The first kappa shape index (κ1) is 34.8. The van der Waals surface area contributed by atoms with Crippen LogP contribution in [0.15, 0.2) is 59.5 Å². The summed E-state index contributed by atoms with van der Waals surface area (Å²) in [6, 6.07) is 16.0. The number of para-hydroxylation sites is 1. The molecule has 2 atom stereocenters. The predicted octanol–water partition coefficient (Wildman–Crippen LogP) is 4.91. The number of hydrogen-bond donors (Lipinski definition) is 0. The third-order valence-electron chi connectivity index (χ3n) is 8.07. The summed E-state index contributed by atoms with van der Waals surface area (Å²) < 4.78 is 53.2. The number of aryl methyl sites for hydroxylation is 2. The molecule has 0 aliphatic carbocycles. The Morgan fingerprint density at radius 1 is 1.04 bits per heavy atom. The van der Waals surface area contributed by atoms with Crippen molar-refractivity contribution in [2.24, 2.45) is 13.0 Å². The van der Waals surface area contributed by atoms with Crippen LogP contribution in [-0.4, -0.2) is 72.1 Å². The number of hydrogen-bond acceptors (Lipinski definition) is 10. The molecule has 2 unspecified atom stereocenters. The summed E-state index contributed by atoms with van der Waals surface area (Å²) in [7, 11) is -2.14. The minimum Gasteiger partial charge on any atom is -0.488 e. The number of aromatic nitrogens is 3. The van der Waals surface area contributed by atoms with E-state index in [-0.39, 0.29) is 56.2 Å². The number of fused-ring (bicyclic) bond motifs is 2. The predicted molar refractivity (Wildman–Crippen MR) is 178 cm³/mol. The van der Waals surface area contributed by atoms with Gasteiger partial charge in [0.1, 0.15) is 33.5 Å². The Morgan fingerprint density at radius 3 is 2.56 bits per heavy atom. The molecule has 0 bridgehead atoms. The van der Waals surface area contributed by atoms with E-state index in [2.05, 4.69) is 10.3 Å². The number of esters is 2. The van der Waals surface area contributed by atoms with Crippen molar-refractivity contribution in [3.63, 3.8) is 0 Å². The Kier molecular flexibility index (Phi) is 10.7. The van der Waals surface area contributed by atoms with Gasteiger partial charge in [-0.05, 0) is 73.2 Å². The molecule has 256 valence electrons. The van der Waals surface area contributed by atoms with Gasteiger partial charge in [0.25, 0.3) is 0 Å². The second kappa shape index (κ2) is 14.7. The van der Waals surface area contributed by atoms with E-state index in [1.807, 2.05) is 52.0 Å². The molecule has 1 aliphatic rings. The molecular formula is C35H42N4O8S. The molecule has 0 saturated carbocycles. The SMILES string of the molecule is CCOC(=O)CC(c1ccc(C)c(CN2CC(C)Oc3ccccc3S2(=O)=O)c1)c1cc(OCC(=O)OCC(C)C)c2c(c1)nnn2C. The molecule has 0 radical (unpaired) electrons. The molecule has 3 aromatic carbocycles. The molecule has 2 heterocycles. The van der Waals surface area contributed by atoms with Crippen molar-refractivity contribution in [2.45, 2.75) is 64.5 Å². The van der Waals surface area contributed by atoms with Crippen molar-refractivity contribution in [3.05, 3.63) is 76.9 Å². The summed E-state index contributed by atoms with van der Waals surface area (Å²) in [6.07, 6.45) is -0.374. The van der Waals surface area contributed by atoms with Gasteiger partial charge in [0.05, 0.1) is 26.2 Å². The lowest BCUT2D eigenvalue weighted by molar-refractivity contribution is -0.147. The molecule has 0 amide bonds. The van der Waals surface area contributed by atoms with Crippen LogP contribution in [0.1, 0.15) is 62.3 Å². The highest BCUT2D eigenvalue weighted by Crippen LogP contribution is 2.37. The Labute approximate surface area is 281 Å². The minimum atomic E-state index is -3.87. The van der Waals surface area contributed by atoms with Gasteiger partial charge in [-0.1, -0.05) is 49.4 Å². The monoisotopic (exact) mass is 678 g/mol. The lowest BCUT2D eigenvalue weighted by Gasteiger charge is -2.24. The summed E-state index contributed by atoms with van der Waals surface area (Å²) in [4.78, 5) is 25.5. The fraction of sp³-hybridized carbons (Fsp3) is 0.429. The van der Waals surface area contributed by atoms with Gasteiger partial charge in [-0.2, -0.15) is 4.31 Å².